The molecule has 0 saturated heterocycles. The molecule has 0 aliphatic carbocycles. The fourth-order valence-electron chi connectivity index (χ4n) is 5.62. The zero-order valence-corrected chi connectivity index (χ0v) is 35.1. The van der Waals surface area contributed by atoms with E-state index in [4.69, 9.17) is 33.2 Å². The van der Waals surface area contributed by atoms with Gasteiger partial charge in [-0.05, 0) is 123 Å². The highest BCUT2D eigenvalue weighted by atomic mass is 16.6. The van der Waals surface area contributed by atoms with Crippen molar-refractivity contribution < 1.29 is 61.9 Å². The van der Waals surface area contributed by atoms with Crippen molar-refractivity contribution in [3.63, 3.8) is 0 Å². The first kappa shape index (κ1) is 46.1. The van der Waals surface area contributed by atoms with Crippen LogP contribution in [-0.4, -0.2) is 68.9 Å². The molecule has 5 aromatic rings. The van der Waals surface area contributed by atoms with Crippen LogP contribution < -0.4 is 19.5 Å². The van der Waals surface area contributed by atoms with Gasteiger partial charge in [-0.1, -0.05) is 25.3 Å². The SMILES string of the molecule is C=C(C)C(=O)OCCOC(=O)c1ccc(Oc2ccc(C(=O)OCCOC(=O)C(=C)C)c(C(=O)Cc3ccc(Oc4ccc(Oc5ccc(NC)cc5)cc4)cc3)c2)cc1C(C)=O. The average molecular weight is 856 g/mol. The Bertz CT molecular complexity index is 2510. The van der Waals surface area contributed by atoms with Crippen LogP contribution in [0.25, 0.3) is 0 Å². The molecule has 324 valence electrons. The number of Topliss-reactive ketones (excluding diaryl/α,β-unsaturated/α-hetero) is 2. The standard InChI is InChI=1S/C49H45NO13/c1-30(2)46(53)57-23-25-59-48(55)41-21-19-39(28-43(41)32(5)51)63-40-20-22-42(49(56)60-26-24-58-47(54)31(3)4)44(29-40)45(52)27-33-7-11-35(12-8-33)61-37-15-17-38(18-16-37)62-36-13-9-34(50-6)10-14-36/h7-22,28-29,50H,1,3,23-27H2,2,4-6H3. The number of rotatable bonds is 21. The number of ketones is 2. The number of carbonyl (C=O) groups is 6. The minimum Gasteiger partial charge on any atom is -0.459 e. The molecule has 0 aliphatic heterocycles. The molecule has 63 heavy (non-hydrogen) atoms. The Morgan fingerprint density at radius 2 is 0.825 bits per heavy atom. The van der Waals surface area contributed by atoms with Gasteiger partial charge in [-0.3, -0.25) is 9.59 Å². The monoisotopic (exact) mass is 855 g/mol. The van der Waals surface area contributed by atoms with Crippen LogP contribution >= 0.6 is 0 Å². The number of nitrogens with one attached hydrogen (secondary N) is 1. The number of anilines is 1. The lowest BCUT2D eigenvalue weighted by atomic mass is 9.98. The van der Waals surface area contributed by atoms with E-state index in [1.54, 1.807) is 48.5 Å². The lowest BCUT2D eigenvalue weighted by Gasteiger charge is -2.14. The number of hydrogen-bond acceptors (Lipinski definition) is 14. The van der Waals surface area contributed by atoms with Crippen LogP contribution in [0, 0.1) is 0 Å². The first-order valence-electron chi connectivity index (χ1n) is 19.5. The maximum Gasteiger partial charge on any atom is 0.338 e. The number of ether oxygens (including phenoxy) is 7. The molecule has 0 amide bonds. The Morgan fingerprint density at radius 3 is 1.25 bits per heavy atom. The molecular formula is C49H45NO13. The molecule has 0 radical (unpaired) electrons. The molecular weight excluding hydrogens is 811 g/mol. The summed E-state index contributed by atoms with van der Waals surface area (Å²) in [4.78, 5) is 76.0. The predicted molar refractivity (Wildman–Crippen MR) is 232 cm³/mol. The molecule has 0 atom stereocenters. The molecule has 0 saturated carbocycles. The normalized spacial score (nSPS) is 10.4. The van der Waals surface area contributed by atoms with Crippen LogP contribution in [-0.2, 0) is 35.0 Å². The largest absolute Gasteiger partial charge is 0.459 e. The second-order valence-electron chi connectivity index (χ2n) is 13.9. The van der Waals surface area contributed by atoms with Crippen molar-refractivity contribution in [1.29, 1.82) is 0 Å². The molecule has 0 unspecified atom stereocenters. The van der Waals surface area contributed by atoms with E-state index in [0.29, 0.717) is 28.6 Å². The third-order valence-electron chi connectivity index (χ3n) is 8.86. The van der Waals surface area contributed by atoms with Crippen LogP contribution in [0.15, 0.2) is 133 Å². The quantitative estimate of drug-likeness (QED) is 0.0243. The van der Waals surface area contributed by atoms with Gasteiger partial charge in [-0.25, -0.2) is 19.2 Å². The minimum atomic E-state index is -0.848. The highest BCUT2D eigenvalue weighted by Gasteiger charge is 2.22. The van der Waals surface area contributed by atoms with E-state index < -0.39 is 35.4 Å². The summed E-state index contributed by atoms with van der Waals surface area (Å²) in [5, 5.41) is 3.06. The smallest absolute Gasteiger partial charge is 0.338 e. The fourth-order valence-corrected chi connectivity index (χ4v) is 5.62. The molecule has 0 aliphatic rings. The first-order valence-corrected chi connectivity index (χ1v) is 19.5. The Balaban J connectivity index is 1.29. The van der Waals surface area contributed by atoms with Gasteiger partial charge in [-0.2, -0.15) is 0 Å². The van der Waals surface area contributed by atoms with Gasteiger partial charge in [0.2, 0.25) is 0 Å². The van der Waals surface area contributed by atoms with E-state index in [1.165, 1.54) is 57.2 Å². The molecule has 0 bridgehead atoms. The number of benzene rings is 5. The number of carbonyl (C=O) groups excluding carboxylic acids is 6. The second kappa shape index (κ2) is 22.0. The number of esters is 4. The lowest BCUT2D eigenvalue weighted by molar-refractivity contribution is -0.140. The summed E-state index contributed by atoms with van der Waals surface area (Å²) in [6.45, 7) is 10.2. The van der Waals surface area contributed by atoms with Crippen LogP contribution in [0.1, 0.15) is 67.8 Å². The zero-order valence-electron chi connectivity index (χ0n) is 35.1. The summed E-state index contributed by atoms with van der Waals surface area (Å²) in [6.07, 6.45) is -0.126. The molecule has 5 aromatic carbocycles. The van der Waals surface area contributed by atoms with Gasteiger partial charge in [0.25, 0.3) is 0 Å². The summed E-state index contributed by atoms with van der Waals surface area (Å²) in [5.74, 6) is -1.21. The predicted octanol–water partition coefficient (Wildman–Crippen LogP) is 9.29. The van der Waals surface area contributed by atoms with Gasteiger partial charge < -0.3 is 38.5 Å². The summed E-state index contributed by atoms with van der Waals surface area (Å²) in [5.41, 5.74) is 1.79. The summed E-state index contributed by atoms with van der Waals surface area (Å²) < 4.78 is 38.4. The molecule has 0 fully saturated rings. The number of hydrogen-bond donors (Lipinski definition) is 1. The van der Waals surface area contributed by atoms with Crippen LogP contribution in [0.4, 0.5) is 5.69 Å². The van der Waals surface area contributed by atoms with Gasteiger partial charge in [0, 0.05) is 41.4 Å². The van der Waals surface area contributed by atoms with Crippen molar-refractivity contribution in [3.05, 3.63) is 161 Å². The van der Waals surface area contributed by atoms with E-state index in [2.05, 4.69) is 18.5 Å². The van der Waals surface area contributed by atoms with Crippen molar-refractivity contribution in [3.8, 4) is 34.5 Å². The molecule has 0 spiro atoms. The van der Waals surface area contributed by atoms with Gasteiger partial charge in [-0.15, -0.1) is 0 Å². The maximum absolute atomic E-state index is 13.9. The molecule has 5 rings (SSSR count). The van der Waals surface area contributed by atoms with Gasteiger partial charge in [0.05, 0.1) is 11.1 Å². The molecule has 0 aromatic heterocycles. The maximum atomic E-state index is 13.9. The highest BCUT2D eigenvalue weighted by molar-refractivity contribution is 6.08. The lowest BCUT2D eigenvalue weighted by Crippen LogP contribution is -2.17. The Morgan fingerprint density at radius 1 is 0.460 bits per heavy atom. The molecule has 14 nitrogen and oxygen atoms in total. The first-order chi connectivity index (χ1) is 30.2. The minimum absolute atomic E-state index is 0.00895. The molecule has 0 heterocycles. The summed E-state index contributed by atoms with van der Waals surface area (Å²) in [7, 11) is 1.84. The van der Waals surface area contributed by atoms with E-state index in [-0.39, 0.29) is 77.7 Å². The van der Waals surface area contributed by atoms with Gasteiger partial charge >= 0.3 is 23.9 Å². The van der Waals surface area contributed by atoms with Crippen molar-refractivity contribution >= 4 is 41.1 Å². The van der Waals surface area contributed by atoms with Gasteiger partial charge in [0.15, 0.2) is 11.6 Å². The van der Waals surface area contributed by atoms with Crippen LogP contribution in [0.2, 0.25) is 0 Å². The van der Waals surface area contributed by atoms with E-state index in [9.17, 15) is 28.8 Å². The van der Waals surface area contributed by atoms with E-state index in [0.717, 1.165) is 5.69 Å². The molecule has 14 heteroatoms. The Kier molecular flexibility index (Phi) is 16.1. The average Bonchev–Trinajstić information content (AvgIpc) is 3.27. The Hall–Kier alpha value is -8.00. The van der Waals surface area contributed by atoms with Crippen LogP contribution in [0.3, 0.4) is 0 Å². The van der Waals surface area contributed by atoms with Crippen molar-refractivity contribution in [2.75, 3.05) is 38.8 Å². The van der Waals surface area contributed by atoms with E-state index in [1.807, 2.05) is 31.3 Å². The second-order valence-corrected chi connectivity index (χ2v) is 13.9. The van der Waals surface area contributed by atoms with Crippen LogP contribution in [0.5, 0.6) is 34.5 Å². The van der Waals surface area contributed by atoms with Gasteiger partial charge in [0.1, 0.15) is 60.9 Å². The summed E-state index contributed by atoms with van der Waals surface area (Å²) >= 11 is 0. The third-order valence-corrected chi connectivity index (χ3v) is 8.86. The van der Waals surface area contributed by atoms with Crippen molar-refractivity contribution in [1.82, 2.24) is 0 Å². The zero-order chi connectivity index (χ0) is 45.5. The van der Waals surface area contributed by atoms with Crippen molar-refractivity contribution in [2.24, 2.45) is 0 Å². The molecule has 1 N–H and O–H groups in total. The third kappa shape index (κ3) is 13.5. The van der Waals surface area contributed by atoms with Crippen molar-refractivity contribution in [2.45, 2.75) is 27.2 Å². The van der Waals surface area contributed by atoms with E-state index >= 15 is 0 Å². The topological polar surface area (TPSA) is 179 Å². The highest BCUT2D eigenvalue weighted by Crippen LogP contribution is 2.30. The Labute approximate surface area is 364 Å². The fraction of sp³-hybridized carbons (Fsp3) is 0.184. The summed E-state index contributed by atoms with van der Waals surface area (Å²) in [6, 6.07) is 29.8.